The Bertz CT molecular complexity index is 1130. The van der Waals surface area contributed by atoms with E-state index in [2.05, 4.69) is 30.8 Å². The number of carbonyl (C=O) groups excluding carboxylic acids is 1. The molecule has 1 aliphatic carbocycles. The van der Waals surface area contributed by atoms with Crippen molar-refractivity contribution in [3.05, 3.63) is 53.0 Å². The van der Waals surface area contributed by atoms with Gasteiger partial charge >= 0.3 is 0 Å². The number of halogens is 1. The minimum atomic E-state index is -0.390. The molecule has 2 atom stereocenters. The first kappa shape index (κ1) is 21.8. The summed E-state index contributed by atoms with van der Waals surface area (Å²) in [6.45, 7) is 1.44. The van der Waals surface area contributed by atoms with Crippen molar-refractivity contribution in [1.82, 2.24) is 25.5 Å². The highest BCUT2D eigenvalue weighted by molar-refractivity contribution is 7.15. The van der Waals surface area contributed by atoms with Crippen molar-refractivity contribution >= 4 is 23.1 Å². The van der Waals surface area contributed by atoms with E-state index in [0.717, 1.165) is 43.5 Å². The van der Waals surface area contributed by atoms with E-state index in [4.69, 9.17) is 5.73 Å². The molecule has 0 spiro atoms. The van der Waals surface area contributed by atoms with Gasteiger partial charge in [0.25, 0.3) is 0 Å². The maximum atomic E-state index is 14.3. The lowest BCUT2D eigenvalue weighted by Crippen LogP contribution is -2.42. The van der Waals surface area contributed by atoms with Crippen LogP contribution in [0, 0.1) is 5.82 Å². The van der Waals surface area contributed by atoms with Gasteiger partial charge < -0.3 is 16.4 Å². The number of hydrogen-bond acceptors (Lipinski definition) is 8. The number of nitrogens with two attached hydrogens (primary N) is 1. The molecule has 0 radical (unpaired) electrons. The van der Waals surface area contributed by atoms with Crippen molar-refractivity contribution in [2.75, 3.05) is 18.4 Å². The fourth-order valence-electron chi connectivity index (χ4n) is 4.76. The second-order valence-corrected chi connectivity index (χ2v) is 9.84. The third-order valence-electron chi connectivity index (χ3n) is 6.70. The summed E-state index contributed by atoms with van der Waals surface area (Å²) in [6.07, 6.45) is 8.14. The van der Waals surface area contributed by atoms with Crippen LogP contribution in [0.2, 0.25) is 0 Å². The third-order valence-corrected chi connectivity index (χ3v) is 7.80. The van der Waals surface area contributed by atoms with E-state index >= 15 is 0 Å². The van der Waals surface area contributed by atoms with Gasteiger partial charge in [0, 0.05) is 35.3 Å². The van der Waals surface area contributed by atoms with Gasteiger partial charge in [-0.3, -0.25) is 9.78 Å². The van der Waals surface area contributed by atoms with Gasteiger partial charge in [0.2, 0.25) is 5.91 Å². The molecule has 2 aliphatic rings. The van der Waals surface area contributed by atoms with Gasteiger partial charge in [0.05, 0.1) is 11.6 Å². The summed E-state index contributed by atoms with van der Waals surface area (Å²) in [4.78, 5) is 21.7. The molecular formula is C23H26FN7OS. The van der Waals surface area contributed by atoms with E-state index in [1.807, 2.05) is 12.1 Å². The Morgan fingerprint density at radius 2 is 2.15 bits per heavy atom. The smallest absolute Gasteiger partial charge is 0.227 e. The van der Waals surface area contributed by atoms with Crippen LogP contribution in [0.4, 0.5) is 10.2 Å². The molecule has 0 aromatic carbocycles. The van der Waals surface area contributed by atoms with Crippen LogP contribution >= 0.6 is 11.3 Å². The highest BCUT2D eigenvalue weighted by atomic mass is 32.1. The summed E-state index contributed by atoms with van der Waals surface area (Å²) < 4.78 is 14.3. The predicted molar refractivity (Wildman–Crippen MR) is 124 cm³/mol. The van der Waals surface area contributed by atoms with Gasteiger partial charge in [0.15, 0.2) is 0 Å². The van der Waals surface area contributed by atoms with Crippen LogP contribution in [0.5, 0.6) is 0 Å². The van der Waals surface area contributed by atoms with Crippen molar-refractivity contribution < 1.29 is 9.18 Å². The maximum Gasteiger partial charge on any atom is 0.227 e. The topological polar surface area (TPSA) is 119 Å². The Balaban J connectivity index is 1.27. The lowest BCUT2D eigenvalue weighted by Gasteiger charge is -2.41. The molecule has 5 rings (SSSR count). The van der Waals surface area contributed by atoms with Crippen LogP contribution in [-0.2, 0) is 10.2 Å². The molecule has 10 heteroatoms. The molecule has 2 fully saturated rings. The lowest BCUT2D eigenvalue weighted by atomic mass is 9.66. The molecule has 4 heterocycles. The summed E-state index contributed by atoms with van der Waals surface area (Å²) in [6, 6.07) is 6.82. The summed E-state index contributed by atoms with van der Waals surface area (Å²) >= 11 is 1.42. The van der Waals surface area contributed by atoms with Gasteiger partial charge in [-0.2, -0.15) is 0 Å². The zero-order valence-electron chi connectivity index (χ0n) is 18.1. The van der Waals surface area contributed by atoms with Crippen LogP contribution in [-0.4, -0.2) is 45.2 Å². The number of pyridine rings is 1. The number of rotatable bonds is 8. The second-order valence-electron chi connectivity index (χ2n) is 8.78. The molecule has 3 aromatic rings. The highest BCUT2D eigenvalue weighted by Gasteiger charge is 2.41. The number of nitrogens with zero attached hydrogens (tertiary/aromatic N) is 4. The number of hydrogen-bond donors (Lipinski definition) is 3. The number of aromatic nitrogens is 4. The Hall–Kier alpha value is -2.98. The maximum absolute atomic E-state index is 14.3. The van der Waals surface area contributed by atoms with E-state index in [1.165, 1.54) is 17.4 Å². The van der Waals surface area contributed by atoms with Crippen LogP contribution in [0.25, 0.3) is 10.7 Å². The molecule has 3 aromatic heterocycles. The van der Waals surface area contributed by atoms with E-state index in [1.54, 1.807) is 18.5 Å². The second kappa shape index (κ2) is 9.11. The molecule has 1 unspecified atom stereocenters. The largest absolute Gasteiger partial charge is 0.369 e. The number of amides is 1. The molecule has 8 nitrogen and oxygen atoms in total. The van der Waals surface area contributed by atoms with Gasteiger partial charge in [-0.15, -0.1) is 21.5 Å². The minimum absolute atomic E-state index is 0.0521. The van der Waals surface area contributed by atoms with E-state index < -0.39 is 5.92 Å². The molecule has 4 N–H and O–H groups in total. The summed E-state index contributed by atoms with van der Waals surface area (Å²) in [5.74, 6) is -0.381. The highest BCUT2D eigenvalue weighted by Crippen LogP contribution is 2.43. The standard InChI is InChI=1S/C23H26FN7OS/c24-14-4-1-11-27-20(14)23(8-3-9-23)13-29-18-7-6-16(30-31-18)22-28-12-17(33-22)19(21(25)32)15-5-2-10-26-15/h1,4,6-7,11-12,15,19,26H,2-3,5,8-10,13H2,(H2,25,32)(H,29,31)/t15-,19?/m1/s1. The number of carbonyl (C=O) groups is 1. The zero-order valence-corrected chi connectivity index (χ0v) is 18.9. The quantitative estimate of drug-likeness (QED) is 0.466. The molecule has 1 saturated heterocycles. The van der Waals surface area contributed by atoms with Crippen molar-refractivity contribution in [1.29, 1.82) is 0 Å². The molecule has 1 amide bonds. The first-order chi connectivity index (χ1) is 16.1. The Labute approximate surface area is 195 Å². The van der Waals surface area contributed by atoms with Gasteiger partial charge in [-0.05, 0) is 56.5 Å². The van der Waals surface area contributed by atoms with Crippen molar-refractivity contribution in [3.63, 3.8) is 0 Å². The fraction of sp³-hybridized carbons (Fsp3) is 0.435. The number of nitrogens with one attached hydrogen (secondary N) is 2. The SMILES string of the molecule is NC(=O)C(c1cnc(-c2ccc(NCC3(c4ncccc4F)CCC3)nn2)s1)[C@H]1CCCN1. The number of primary amides is 1. The number of anilines is 1. The molecule has 0 bridgehead atoms. The summed E-state index contributed by atoms with van der Waals surface area (Å²) in [5, 5.41) is 16.0. The van der Waals surface area contributed by atoms with Crippen LogP contribution in [0.1, 0.15) is 48.6 Å². The van der Waals surface area contributed by atoms with Crippen molar-refractivity contribution in [2.24, 2.45) is 5.73 Å². The van der Waals surface area contributed by atoms with E-state index in [9.17, 15) is 9.18 Å². The Morgan fingerprint density at radius 3 is 2.79 bits per heavy atom. The first-order valence-electron chi connectivity index (χ1n) is 11.2. The van der Waals surface area contributed by atoms with Crippen LogP contribution in [0.3, 0.4) is 0 Å². The van der Waals surface area contributed by atoms with Crippen LogP contribution < -0.4 is 16.4 Å². The average molecular weight is 468 g/mol. The first-order valence-corrected chi connectivity index (χ1v) is 12.0. The summed E-state index contributed by atoms with van der Waals surface area (Å²) in [5.41, 5.74) is 6.53. The normalized spacial score (nSPS) is 20.2. The van der Waals surface area contributed by atoms with Gasteiger partial charge in [-0.1, -0.05) is 6.42 Å². The van der Waals surface area contributed by atoms with Gasteiger partial charge in [-0.25, -0.2) is 9.37 Å². The third kappa shape index (κ3) is 4.32. The summed E-state index contributed by atoms with van der Waals surface area (Å²) in [7, 11) is 0. The minimum Gasteiger partial charge on any atom is -0.369 e. The van der Waals surface area contributed by atoms with Gasteiger partial charge in [0.1, 0.15) is 22.3 Å². The Morgan fingerprint density at radius 1 is 1.27 bits per heavy atom. The van der Waals surface area contributed by atoms with Crippen molar-refractivity contribution in [3.8, 4) is 10.7 Å². The molecule has 1 saturated carbocycles. The number of thiazole rings is 1. The predicted octanol–water partition coefficient (Wildman–Crippen LogP) is 2.99. The average Bonchev–Trinajstić information content (AvgIpc) is 3.48. The molecular weight excluding hydrogens is 441 g/mol. The molecule has 33 heavy (non-hydrogen) atoms. The lowest BCUT2D eigenvalue weighted by molar-refractivity contribution is -0.119. The van der Waals surface area contributed by atoms with E-state index in [0.29, 0.717) is 28.8 Å². The fourth-order valence-corrected chi connectivity index (χ4v) is 5.81. The molecule has 1 aliphatic heterocycles. The molecule has 172 valence electrons. The van der Waals surface area contributed by atoms with Crippen molar-refractivity contribution in [2.45, 2.75) is 49.5 Å². The monoisotopic (exact) mass is 467 g/mol. The Kier molecular flexibility index (Phi) is 6.03. The van der Waals surface area contributed by atoms with Crippen LogP contribution in [0.15, 0.2) is 36.7 Å². The van der Waals surface area contributed by atoms with E-state index in [-0.39, 0.29) is 23.2 Å². The zero-order chi connectivity index (χ0) is 22.8.